The summed E-state index contributed by atoms with van der Waals surface area (Å²) in [4.78, 5) is 14.2. The van der Waals surface area contributed by atoms with Gasteiger partial charge in [0, 0.05) is 25.0 Å². The molecule has 1 saturated heterocycles. The van der Waals surface area contributed by atoms with Crippen molar-refractivity contribution in [1.82, 2.24) is 10.2 Å². The standard InChI is InChI=1S/C16H21F3N2O2/c1-11(2)15(22)21(13-6-7-20-9-13)10-12-4-3-5-14(8-12)23-16(17,18)19/h3-5,8,11,13,20H,6-7,9-10H2,1-2H3/t13-/m0/s1. The van der Waals surface area contributed by atoms with Gasteiger partial charge in [-0.2, -0.15) is 0 Å². The Morgan fingerprint density at radius 3 is 2.74 bits per heavy atom. The van der Waals surface area contributed by atoms with Crippen LogP contribution in [0.3, 0.4) is 0 Å². The molecule has 0 aromatic heterocycles. The van der Waals surface area contributed by atoms with Crippen LogP contribution in [0, 0.1) is 5.92 Å². The number of carbonyl (C=O) groups is 1. The Kier molecular flexibility index (Phi) is 5.51. The minimum atomic E-state index is -4.72. The van der Waals surface area contributed by atoms with E-state index in [9.17, 15) is 18.0 Å². The van der Waals surface area contributed by atoms with Gasteiger partial charge in [-0.3, -0.25) is 4.79 Å². The average molecular weight is 330 g/mol. The van der Waals surface area contributed by atoms with Gasteiger partial charge in [0.25, 0.3) is 0 Å². The third kappa shape index (κ3) is 5.13. The Bertz CT molecular complexity index is 540. The summed E-state index contributed by atoms with van der Waals surface area (Å²) in [5, 5.41) is 3.21. The van der Waals surface area contributed by atoms with Gasteiger partial charge in [0.05, 0.1) is 0 Å². The molecular formula is C16H21F3N2O2. The zero-order valence-corrected chi connectivity index (χ0v) is 13.2. The quantitative estimate of drug-likeness (QED) is 0.902. The van der Waals surface area contributed by atoms with Crippen LogP contribution in [0.4, 0.5) is 13.2 Å². The lowest BCUT2D eigenvalue weighted by molar-refractivity contribution is -0.274. The topological polar surface area (TPSA) is 41.6 Å². The molecule has 0 unspecified atom stereocenters. The molecule has 23 heavy (non-hydrogen) atoms. The van der Waals surface area contributed by atoms with Crippen molar-refractivity contribution in [2.75, 3.05) is 13.1 Å². The van der Waals surface area contributed by atoms with Crippen LogP contribution in [0.25, 0.3) is 0 Å². The van der Waals surface area contributed by atoms with Crippen molar-refractivity contribution >= 4 is 5.91 Å². The van der Waals surface area contributed by atoms with Gasteiger partial charge in [-0.05, 0) is 30.7 Å². The summed E-state index contributed by atoms with van der Waals surface area (Å²) in [5.41, 5.74) is 0.618. The van der Waals surface area contributed by atoms with E-state index in [1.165, 1.54) is 18.2 Å². The van der Waals surface area contributed by atoms with Crippen LogP contribution in [-0.2, 0) is 11.3 Å². The minimum Gasteiger partial charge on any atom is -0.406 e. The fourth-order valence-electron chi connectivity index (χ4n) is 2.66. The summed E-state index contributed by atoms with van der Waals surface area (Å²) in [6, 6.07) is 5.85. The molecule has 2 rings (SSSR count). The van der Waals surface area contributed by atoms with Crippen molar-refractivity contribution in [3.8, 4) is 5.75 Å². The molecule has 1 amide bonds. The van der Waals surface area contributed by atoms with E-state index in [4.69, 9.17) is 0 Å². The maximum absolute atomic E-state index is 12.4. The minimum absolute atomic E-state index is 0.000780. The van der Waals surface area contributed by atoms with Crippen molar-refractivity contribution < 1.29 is 22.7 Å². The van der Waals surface area contributed by atoms with E-state index >= 15 is 0 Å². The molecule has 1 aliphatic heterocycles. The van der Waals surface area contributed by atoms with Gasteiger partial charge in [-0.25, -0.2) is 0 Å². The highest BCUT2D eigenvalue weighted by Crippen LogP contribution is 2.25. The van der Waals surface area contributed by atoms with Gasteiger partial charge in [0.1, 0.15) is 5.75 Å². The maximum Gasteiger partial charge on any atom is 0.573 e. The number of halogens is 3. The van der Waals surface area contributed by atoms with Gasteiger partial charge in [0.2, 0.25) is 5.91 Å². The fourth-order valence-corrected chi connectivity index (χ4v) is 2.66. The second-order valence-electron chi connectivity index (χ2n) is 5.96. The Labute approximate surface area is 133 Å². The van der Waals surface area contributed by atoms with E-state index < -0.39 is 6.36 Å². The molecule has 1 aromatic rings. The number of rotatable bonds is 5. The van der Waals surface area contributed by atoms with E-state index in [1.807, 2.05) is 13.8 Å². The molecule has 1 aliphatic rings. The highest BCUT2D eigenvalue weighted by Gasteiger charge is 2.31. The van der Waals surface area contributed by atoms with Crippen molar-refractivity contribution in [2.45, 2.75) is 39.2 Å². The first kappa shape index (κ1) is 17.6. The molecular weight excluding hydrogens is 309 g/mol. The summed E-state index contributed by atoms with van der Waals surface area (Å²) in [6.45, 7) is 5.46. The van der Waals surface area contributed by atoms with Crippen LogP contribution in [0.1, 0.15) is 25.8 Å². The molecule has 1 heterocycles. The summed E-state index contributed by atoms with van der Waals surface area (Å²) >= 11 is 0. The summed E-state index contributed by atoms with van der Waals surface area (Å²) in [6.07, 6.45) is -3.88. The number of benzene rings is 1. The lowest BCUT2D eigenvalue weighted by atomic mass is 10.1. The van der Waals surface area contributed by atoms with Gasteiger partial charge in [0.15, 0.2) is 0 Å². The third-order valence-electron chi connectivity index (χ3n) is 3.74. The molecule has 1 atom stereocenters. The molecule has 1 fully saturated rings. The maximum atomic E-state index is 12.4. The summed E-state index contributed by atoms with van der Waals surface area (Å²) < 4.78 is 40.9. The molecule has 0 radical (unpaired) electrons. The normalized spacial score (nSPS) is 18.3. The first-order chi connectivity index (χ1) is 10.8. The van der Waals surface area contributed by atoms with E-state index in [-0.39, 0.29) is 30.2 Å². The number of nitrogens with one attached hydrogen (secondary N) is 1. The molecule has 1 N–H and O–H groups in total. The van der Waals surface area contributed by atoms with Crippen LogP contribution in [0.5, 0.6) is 5.75 Å². The largest absolute Gasteiger partial charge is 0.573 e. The Morgan fingerprint density at radius 2 is 2.17 bits per heavy atom. The number of hydrogen-bond donors (Lipinski definition) is 1. The van der Waals surface area contributed by atoms with E-state index in [0.717, 1.165) is 13.0 Å². The zero-order chi connectivity index (χ0) is 17.0. The monoisotopic (exact) mass is 330 g/mol. The van der Waals surface area contributed by atoms with E-state index in [2.05, 4.69) is 10.1 Å². The number of hydrogen-bond acceptors (Lipinski definition) is 3. The van der Waals surface area contributed by atoms with Crippen LogP contribution in [-0.4, -0.2) is 36.3 Å². The molecule has 128 valence electrons. The molecule has 7 heteroatoms. The first-order valence-electron chi connectivity index (χ1n) is 7.62. The van der Waals surface area contributed by atoms with Gasteiger partial charge >= 0.3 is 6.36 Å². The van der Waals surface area contributed by atoms with E-state index in [1.54, 1.807) is 11.0 Å². The smallest absolute Gasteiger partial charge is 0.406 e. The van der Waals surface area contributed by atoms with E-state index in [0.29, 0.717) is 12.1 Å². The van der Waals surface area contributed by atoms with Crippen molar-refractivity contribution in [1.29, 1.82) is 0 Å². The number of carbonyl (C=O) groups excluding carboxylic acids is 1. The Morgan fingerprint density at radius 1 is 1.43 bits per heavy atom. The van der Waals surface area contributed by atoms with Gasteiger partial charge in [-0.1, -0.05) is 26.0 Å². The molecule has 0 saturated carbocycles. The van der Waals surface area contributed by atoms with Crippen LogP contribution < -0.4 is 10.1 Å². The second kappa shape index (κ2) is 7.21. The van der Waals surface area contributed by atoms with Crippen molar-refractivity contribution in [3.63, 3.8) is 0 Å². The van der Waals surface area contributed by atoms with Crippen LogP contribution in [0.15, 0.2) is 24.3 Å². The van der Waals surface area contributed by atoms with Gasteiger partial charge < -0.3 is 15.0 Å². The van der Waals surface area contributed by atoms with Crippen molar-refractivity contribution in [3.05, 3.63) is 29.8 Å². The first-order valence-corrected chi connectivity index (χ1v) is 7.62. The second-order valence-corrected chi connectivity index (χ2v) is 5.96. The number of ether oxygens (including phenoxy) is 1. The number of alkyl halides is 3. The molecule has 0 bridgehead atoms. The molecule has 0 spiro atoms. The van der Waals surface area contributed by atoms with Gasteiger partial charge in [-0.15, -0.1) is 13.2 Å². The SMILES string of the molecule is CC(C)C(=O)N(Cc1cccc(OC(F)(F)F)c1)[C@H]1CCNC1. The summed E-state index contributed by atoms with van der Waals surface area (Å²) in [5.74, 6) is -0.428. The predicted molar refractivity (Wildman–Crippen MR) is 79.8 cm³/mol. The van der Waals surface area contributed by atoms with Crippen LogP contribution >= 0.6 is 0 Å². The predicted octanol–water partition coefficient (Wildman–Crippen LogP) is 2.93. The lowest BCUT2D eigenvalue weighted by Gasteiger charge is -2.30. The average Bonchev–Trinajstić information content (AvgIpc) is 2.96. The molecule has 4 nitrogen and oxygen atoms in total. The molecule has 0 aliphatic carbocycles. The van der Waals surface area contributed by atoms with Crippen LogP contribution in [0.2, 0.25) is 0 Å². The van der Waals surface area contributed by atoms with Crippen molar-refractivity contribution in [2.24, 2.45) is 5.92 Å². The zero-order valence-electron chi connectivity index (χ0n) is 13.2. The highest BCUT2D eigenvalue weighted by molar-refractivity contribution is 5.78. The molecule has 1 aromatic carbocycles. The number of nitrogens with zero attached hydrogens (tertiary/aromatic N) is 1. The Balaban J connectivity index is 2.15. The third-order valence-corrected chi connectivity index (χ3v) is 3.74. The fraction of sp³-hybridized carbons (Fsp3) is 0.562. The highest BCUT2D eigenvalue weighted by atomic mass is 19.4. The number of amides is 1. The lowest BCUT2D eigenvalue weighted by Crippen LogP contribution is -2.43. The Hall–Kier alpha value is -1.76. The summed E-state index contributed by atoms with van der Waals surface area (Å²) in [7, 11) is 0.